The number of carbonyl (C=O) groups excluding carboxylic acids is 3. The first kappa shape index (κ1) is 24.3. The maximum absolute atomic E-state index is 13.0. The summed E-state index contributed by atoms with van der Waals surface area (Å²) in [4.78, 5) is 43.7. The van der Waals surface area contributed by atoms with E-state index in [4.69, 9.17) is 9.47 Å². The minimum absolute atomic E-state index is 0.0532. The molecular formula is C25H31N5O5. The molecular weight excluding hydrogens is 450 g/mol. The zero-order valence-electron chi connectivity index (χ0n) is 19.6. The Kier molecular flexibility index (Phi) is 8.37. The monoisotopic (exact) mass is 481 g/mol. The van der Waals surface area contributed by atoms with E-state index in [-0.39, 0.29) is 30.2 Å². The van der Waals surface area contributed by atoms with Crippen LogP contribution in [0.3, 0.4) is 0 Å². The highest BCUT2D eigenvalue weighted by Gasteiger charge is 2.22. The number of carbonyl (C=O) groups is 3. The van der Waals surface area contributed by atoms with Crippen molar-refractivity contribution in [1.29, 1.82) is 0 Å². The number of hydrogen-bond donors (Lipinski definition) is 3. The molecule has 2 aliphatic heterocycles. The first-order valence-electron chi connectivity index (χ1n) is 12.0. The number of urea groups is 1. The Morgan fingerprint density at radius 1 is 1.06 bits per heavy atom. The Labute approximate surface area is 204 Å². The summed E-state index contributed by atoms with van der Waals surface area (Å²) in [6.45, 7) is 2.54. The third kappa shape index (κ3) is 7.08. The second-order valence-electron chi connectivity index (χ2n) is 8.58. The molecule has 4 amide bonds. The number of hydrogen-bond acceptors (Lipinski definition) is 6. The lowest BCUT2D eigenvalue weighted by molar-refractivity contribution is -0.126. The maximum atomic E-state index is 13.0. The van der Waals surface area contributed by atoms with Gasteiger partial charge in [-0.1, -0.05) is 0 Å². The molecule has 1 aromatic carbocycles. The molecule has 3 heterocycles. The van der Waals surface area contributed by atoms with Gasteiger partial charge >= 0.3 is 6.03 Å². The molecule has 186 valence electrons. The second kappa shape index (κ2) is 12.0. The van der Waals surface area contributed by atoms with Crippen molar-refractivity contribution in [3.8, 4) is 11.5 Å². The third-order valence-corrected chi connectivity index (χ3v) is 6.07. The van der Waals surface area contributed by atoms with Crippen LogP contribution in [0.15, 0.2) is 42.7 Å². The van der Waals surface area contributed by atoms with Crippen LogP contribution in [-0.4, -0.2) is 60.6 Å². The van der Waals surface area contributed by atoms with E-state index < -0.39 is 0 Å². The fraction of sp³-hybridized carbons (Fsp3) is 0.440. The molecule has 35 heavy (non-hydrogen) atoms. The van der Waals surface area contributed by atoms with Crippen LogP contribution in [0.4, 0.5) is 10.5 Å². The van der Waals surface area contributed by atoms with Gasteiger partial charge < -0.3 is 30.3 Å². The first-order valence-corrected chi connectivity index (χ1v) is 12.0. The summed E-state index contributed by atoms with van der Waals surface area (Å²) in [5.74, 6) is 0.793. The van der Waals surface area contributed by atoms with Crippen molar-refractivity contribution < 1.29 is 23.9 Å². The average molecular weight is 482 g/mol. The van der Waals surface area contributed by atoms with Gasteiger partial charge in [-0.2, -0.15) is 0 Å². The predicted octanol–water partition coefficient (Wildman–Crippen LogP) is 2.31. The molecule has 3 N–H and O–H groups in total. The number of fused-ring (bicyclic) bond motifs is 1. The Bertz CT molecular complexity index is 1030. The van der Waals surface area contributed by atoms with E-state index in [9.17, 15) is 14.4 Å². The quantitative estimate of drug-likeness (QED) is 0.616. The highest BCUT2D eigenvalue weighted by atomic mass is 16.6. The van der Waals surface area contributed by atoms with Gasteiger partial charge in [-0.3, -0.25) is 14.6 Å². The minimum Gasteiger partial charge on any atom is -0.486 e. The zero-order valence-corrected chi connectivity index (χ0v) is 19.6. The van der Waals surface area contributed by atoms with Crippen molar-refractivity contribution in [1.82, 2.24) is 20.5 Å². The summed E-state index contributed by atoms with van der Waals surface area (Å²) in [7, 11) is 0. The second-order valence-corrected chi connectivity index (χ2v) is 8.58. The predicted molar refractivity (Wildman–Crippen MR) is 129 cm³/mol. The van der Waals surface area contributed by atoms with Gasteiger partial charge in [0.2, 0.25) is 11.8 Å². The SMILES string of the molecule is O=C1CCN(C(=O)Nc2ccc3c(c2)OCCO3)CCCC(C(=O)NCc2ccncc2)CCN1. The smallest absolute Gasteiger partial charge is 0.321 e. The van der Waals surface area contributed by atoms with Gasteiger partial charge in [0.05, 0.1) is 0 Å². The Morgan fingerprint density at radius 2 is 1.86 bits per heavy atom. The normalized spacial score (nSPS) is 18.6. The largest absolute Gasteiger partial charge is 0.486 e. The van der Waals surface area contributed by atoms with E-state index in [2.05, 4.69) is 20.9 Å². The van der Waals surface area contributed by atoms with Gasteiger partial charge in [0.15, 0.2) is 11.5 Å². The first-order chi connectivity index (χ1) is 17.1. The van der Waals surface area contributed by atoms with E-state index in [1.165, 1.54) is 0 Å². The number of nitrogens with one attached hydrogen (secondary N) is 3. The number of rotatable bonds is 4. The molecule has 2 aliphatic rings. The van der Waals surface area contributed by atoms with Crippen LogP contribution >= 0.6 is 0 Å². The van der Waals surface area contributed by atoms with E-state index in [1.807, 2.05) is 12.1 Å². The van der Waals surface area contributed by atoms with E-state index in [1.54, 1.807) is 35.5 Å². The number of nitrogens with zero attached hydrogens (tertiary/aromatic N) is 2. The van der Waals surface area contributed by atoms with Gasteiger partial charge in [-0.25, -0.2) is 4.79 Å². The Hall–Kier alpha value is -3.82. The van der Waals surface area contributed by atoms with Crippen LogP contribution in [0.2, 0.25) is 0 Å². The van der Waals surface area contributed by atoms with Crippen molar-refractivity contribution in [2.75, 3.05) is 38.2 Å². The molecule has 4 rings (SSSR count). The lowest BCUT2D eigenvalue weighted by Crippen LogP contribution is -2.38. The molecule has 1 aromatic heterocycles. The van der Waals surface area contributed by atoms with Gasteiger partial charge in [-0.15, -0.1) is 0 Å². The highest BCUT2D eigenvalue weighted by molar-refractivity contribution is 5.90. The third-order valence-electron chi connectivity index (χ3n) is 6.07. The molecule has 0 radical (unpaired) electrons. The molecule has 1 saturated heterocycles. The number of pyridine rings is 1. The van der Waals surface area contributed by atoms with Gasteiger partial charge in [0.1, 0.15) is 13.2 Å². The molecule has 0 saturated carbocycles. The lowest BCUT2D eigenvalue weighted by atomic mass is 9.98. The fourth-order valence-corrected chi connectivity index (χ4v) is 4.12. The van der Waals surface area contributed by atoms with E-state index >= 15 is 0 Å². The summed E-state index contributed by atoms with van der Waals surface area (Å²) in [6, 6.07) is 8.67. The minimum atomic E-state index is -0.299. The number of amides is 4. The summed E-state index contributed by atoms with van der Waals surface area (Å²) in [5.41, 5.74) is 1.56. The summed E-state index contributed by atoms with van der Waals surface area (Å²) in [5, 5.41) is 8.73. The van der Waals surface area contributed by atoms with Crippen molar-refractivity contribution in [2.45, 2.75) is 32.2 Å². The summed E-state index contributed by atoms with van der Waals surface area (Å²) >= 11 is 0. The van der Waals surface area contributed by atoms with Crippen LogP contribution in [0.5, 0.6) is 11.5 Å². The lowest BCUT2D eigenvalue weighted by Gasteiger charge is -2.24. The van der Waals surface area contributed by atoms with Crippen molar-refractivity contribution in [3.05, 3.63) is 48.3 Å². The summed E-state index contributed by atoms with van der Waals surface area (Å²) in [6.07, 6.45) is 5.40. The molecule has 1 fully saturated rings. The van der Waals surface area contributed by atoms with Gasteiger partial charge in [0.25, 0.3) is 0 Å². The standard InChI is InChI=1S/C25H31N5O5/c31-23-8-13-30(25(33)29-20-3-4-21-22(16-20)35-15-14-34-21)12-1-2-19(7-11-27-23)24(32)28-17-18-5-9-26-10-6-18/h3-6,9-10,16,19H,1-2,7-8,11-15,17H2,(H,27,31)(H,28,32)(H,29,33). The van der Waals surface area contributed by atoms with Gasteiger partial charge in [-0.05, 0) is 49.1 Å². The van der Waals surface area contributed by atoms with Crippen LogP contribution in [0.25, 0.3) is 0 Å². The molecule has 0 spiro atoms. The van der Waals surface area contributed by atoms with Crippen molar-refractivity contribution in [3.63, 3.8) is 0 Å². The van der Waals surface area contributed by atoms with Crippen molar-refractivity contribution in [2.24, 2.45) is 5.92 Å². The Balaban J connectivity index is 1.34. The van der Waals surface area contributed by atoms with E-state index in [0.717, 1.165) is 5.56 Å². The number of aromatic nitrogens is 1. The van der Waals surface area contributed by atoms with Crippen LogP contribution < -0.4 is 25.4 Å². The molecule has 1 atom stereocenters. The molecule has 2 aromatic rings. The molecule has 10 heteroatoms. The number of benzene rings is 1. The topological polar surface area (TPSA) is 122 Å². The summed E-state index contributed by atoms with van der Waals surface area (Å²) < 4.78 is 11.1. The highest BCUT2D eigenvalue weighted by Crippen LogP contribution is 2.32. The molecule has 0 aliphatic carbocycles. The molecule has 1 unspecified atom stereocenters. The van der Waals surface area contributed by atoms with Gasteiger partial charge in [0, 0.05) is 62.7 Å². The average Bonchev–Trinajstić information content (AvgIpc) is 2.92. The number of anilines is 1. The Morgan fingerprint density at radius 3 is 2.69 bits per heavy atom. The van der Waals surface area contributed by atoms with Crippen LogP contribution in [-0.2, 0) is 16.1 Å². The van der Waals surface area contributed by atoms with Crippen molar-refractivity contribution >= 4 is 23.5 Å². The van der Waals surface area contributed by atoms with Crippen LogP contribution in [0, 0.1) is 5.92 Å². The molecule has 10 nitrogen and oxygen atoms in total. The fourth-order valence-electron chi connectivity index (χ4n) is 4.12. The van der Waals surface area contributed by atoms with E-state index in [0.29, 0.717) is 75.8 Å². The number of ether oxygens (including phenoxy) is 2. The van der Waals surface area contributed by atoms with Crippen LogP contribution in [0.1, 0.15) is 31.2 Å². The zero-order chi connectivity index (χ0) is 24.5. The maximum Gasteiger partial charge on any atom is 0.321 e. The molecule has 0 bridgehead atoms.